The number of hydrogen-bond acceptors (Lipinski definition) is 3. The van der Waals surface area contributed by atoms with Gasteiger partial charge < -0.3 is 14.5 Å². The van der Waals surface area contributed by atoms with E-state index in [0.29, 0.717) is 12.5 Å². The van der Waals surface area contributed by atoms with Crippen molar-refractivity contribution in [1.29, 1.82) is 0 Å². The van der Waals surface area contributed by atoms with Gasteiger partial charge in [0.1, 0.15) is 0 Å². The second-order valence-corrected chi connectivity index (χ2v) is 4.72. The molecule has 0 amide bonds. The van der Waals surface area contributed by atoms with E-state index in [1.165, 1.54) is 9.13 Å². The summed E-state index contributed by atoms with van der Waals surface area (Å²) >= 11 is 0. The van der Waals surface area contributed by atoms with Crippen LogP contribution in [0.3, 0.4) is 0 Å². The van der Waals surface area contributed by atoms with Crippen molar-refractivity contribution in [2.24, 2.45) is 13.0 Å². The number of nitrogens with one attached hydrogen (secondary N) is 1. The molecule has 0 radical (unpaired) electrons. The molecule has 0 saturated heterocycles. The molecule has 5 nitrogen and oxygen atoms in total. The van der Waals surface area contributed by atoms with Crippen LogP contribution in [0.2, 0.25) is 0 Å². The van der Waals surface area contributed by atoms with Gasteiger partial charge in [-0.15, -0.1) is 0 Å². The van der Waals surface area contributed by atoms with Crippen LogP contribution in [0.25, 0.3) is 0 Å². The normalized spacial score (nSPS) is 14.4. The lowest BCUT2D eigenvalue weighted by Gasteiger charge is -2.24. The third kappa shape index (κ3) is 3.32. The van der Waals surface area contributed by atoms with E-state index in [1.807, 2.05) is 6.92 Å². The average Bonchev–Trinajstić information content (AvgIpc) is 2.37. The molecule has 5 heteroatoms. The molecule has 1 rings (SSSR count). The Hall–Kier alpha value is -1.36. The molecule has 0 fully saturated rings. The Morgan fingerprint density at radius 3 is 2.44 bits per heavy atom. The highest BCUT2D eigenvalue weighted by molar-refractivity contribution is 4.87. The highest BCUT2D eigenvalue weighted by Crippen LogP contribution is 2.08. The van der Waals surface area contributed by atoms with Crippen LogP contribution in [0, 0.1) is 5.92 Å². The summed E-state index contributed by atoms with van der Waals surface area (Å²) in [6.45, 7) is 7.72. The average molecular weight is 253 g/mol. The van der Waals surface area contributed by atoms with E-state index in [0.717, 1.165) is 13.0 Å². The van der Waals surface area contributed by atoms with Crippen LogP contribution < -0.4 is 16.4 Å². The zero-order valence-electron chi connectivity index (χ0n) is 11.6. The molecule has 2 atom stereocenters. The lowest BCUT2D eigenvalue weighted by Crippen LogP contribution is -2.45. The number of aromatic nitrogens is 2. The number of likely N-dealkylation sites (N-methyl/N-ethyl adjacent to an activating group) is 1. The Morgan fingerprint density at radius 1 is 1.22 bits per heavy atom. The van der Waals surface area contributed by atoms with Gasteiger partial charge in [0, 0.05) is 32.0 Å². The van der Waals surface area contributed by atoms with Gasteiger partial charge in [-0.3, -0.25) is 9.59 Å². The molecule has 18 heavy (non-hydrogen) atoms. The first kappa shape index (κ1) is 14.7. The second kappa shape index (κ2) is 6.54. The van der Waals surface area contributed by atoms with Crippen molar-refractivity contribution in [3.8, 4) is 0 Å². The molecule has 1 N–H and O–H groups in total. The van der Waals surface area contributed by atoms with E-state index in [9.17, 15) is 9.59 Å². The van der Waals surface area contributed by atoms with Crippen molar-refractivity contribution in [1.82, 2.24) is 14.5 Å². The van der Waals surface area contributed by atoms with Crippen LogP contribution in [-0.2, 0) is 13.6 Å². The zero-order valence-corrected chi connectivity index (χ0v) is 11.6. The monoisotopic (exact) mass is 253 g/mol. The summed E-state index contributed by atoms with van der Waals surface area (Å²) in [7, 11) is 1.59. The van der Waals surface area contributed by atoms with Gasteiger partial charge in [0.25, 0.3) is 0 Å². The summed E-state index contributed by atoms with van der Waals surface area (Å²) in [5, 5.41) is 3.37. The van der Waals surface area contributed by atoms with Crippen molar-refractivity contribution < 1.29 is 0 Å². The smallest absolute Gasteiger partial charge is 0.312 e. The maximum atomic E-state index is 11.8. The third-order valence-corrected chi connectivity index (χ3v) is 3.42. The van der Waals surface area contributed by atoms with Crippen LogP contribution in [0.15, 0.2) is 22.0 Å². The minimum absolute atomic E-state index is 0.213. The van der Waals surface area contributed by atoms with Crippen LogP contribution >= 0.6 is 0 Å². The molecule has 102 valence electrons. The minimum Gasteiger partial charge on any atom is -0.312 e. The number of nitrogens with zero attached hydrogens (tertiary/aromatic N) is 2. The molecule has 0 saturated carbocycles. The Morgan fingerprint density at radius 2 is 1.89 bits per heavy atom. The largest absolute Gasteiger partial charge is 0.316 e. The van der Waals surface area contributed by atoms with Gasteiger partial charge in [-0.1, -0.05) is 27.2 Å². The van der Waals surface area contributed by atoms with Gasteiger partial charge in [-0.25, -0.2) is 0 Å². The predicted octanol–water partition coefficient (Wildman–Crippen LogP) is 0.571. The van der Waals surface area contributed by atoms with Gasteiger partial charge in [0.15, 0.2) is 0 Å². The Labute approximate surface area is 107 Å². The summed E-state index contributed by atoms with van der Waals surface area (Å²) in [5.41, 5.74) is -0.928. The Kier molecular flexibility index (Phi) is 5.34. The van der Waals surface area contributed by atoms with Gasteiger partial charge in [-0.05, 0) is 12.5 Å². The van der Waals surface area contributed by atoms with Crippen LogP contribution in [0.5, 0.6) is 0 Å². The first-order chi connectivity index (χ1) is 8.51. The summed E-state index contributed by atoms with van der Waals surface area (Å²) < 4.78 is 2.81. The Balaban J connectivity index is 2.98. The van der Waals surface area contributed by atoms with Crippen LogP contribution in [-0.4, -0.2) is 21.7 Å². The highest BCUT2D eigenvalue weighted by Gasteiger charge is 2.16. The molecule has 0 spiro atoms. The molecule has 1 aromatic rings. The maximum absolute atomic E-state index is 11.8. The van der Waals surface area contributed by atoms with E-state index >= 15 is 0 Å². The number of rotatable bonds is 6. The first-order valence-corrected chi connectivity index (χ1v) is 6.50. The fraction of sp³-hybridized carbons (Fsp3) is 0.692. The lowest BCUT2D eigenvalue weighted by molar-refractivity contribution is 0.330. The Bertz CT molecular complexity index is 490. The summed E-state index contributed by atoms with van der Waals surface area (Å²) in [4.78, 5) is 23.4. The number of aryl methyl sites for hydroxylation is 1. The summed E-state index contributed by atoms with van der Waals surface area (Å²) in [6.07, 6.45) is 4.34. The van der Waals surface area contributed by atoms with Gasteiger partial charge >= 0.3 is 11.1 Å². The van der Waals surface area contributed by atoms with E-state index < -0.39 is 11.1 Å². The standard InChI is InChI=1S/C13H23N3O2/c1-5-10(3)11(14-6-2)9-16-8-7-15(4)12(17)13(16)18/h7-8,10-11,14H,5-6,9H2,1-4H3. The van der Waals surface area contributed by atoms with Crippen LogP contribution in [0.4, 0.5) is 0 Å². The number of hydrogen-bond donors (Lipinski definition) is 1. The van der Waals surface area contributed by atoms with E-state index in [1.54, 1.807) is 19.4 Å². The molecular formula is C13H23N3O2. The van der Waals surface area contributed by atoms with Crippen molar-refractivity contribution in [3.05, 3.63) is 33.1 Å². The quantitative estimate of drug-likeness (QED) is 0.754. The van der Waals surface area contributed by atoms with E-state index in [-0.39, 0.29) is 6.04 Å². The van der Waals surface area contributed by atoms with Gasteiger partial charge in [0.2, 0.25) is 0 Å². The van der Waals surface area contributed by atoms with Gasteiger partial charge in [0.05, 0.1) is 0 Å². The molecule has 2 unspecified atom stereocenters. The summed E-state index contributed by atoms with van der Waals surface area (Å²) in [6, 6.07) is 0.213. The first-order valence-electron chi connectivity index (χ1n) is 6.50. The maximum Gasteiger partial charge on any atom is 0.316 e. The van der Waals surface area contributed by atoms with Crippen LogP contribution in [0.1, 0.15) is 27.2 Å². The van der Waals surface area contributed by atoms with E-state index in [4.69, 9.17) is 0 Å². The predicted molar refractivity (Wildman–Crippen MR) is 72.9 cm³/mol. The fourth-order valence-electron chi connectivity index (χ4n) is 1.94. The van der Waals surface area contributed by atoms with Crippen molar-refractivity contribution in [3.63, 3.8) is 0 Å². The molecule has 0 aliphatic carbocycles. The molecule has 0 aromatic carbocycles. The molecule has 0 bridgehead atoms. The third-order valence-electron chi connectivity index (χ3n) is 3.42. The van der Waals surface area contributed by atoms with Crippen molar-refractivity contribution in [2.75, 3.05) is 6.54 Å². The molecule has 0 aliphatic rings. The second-order valence-electron chi connectivity index (χ2n) is 4.72. The highest BCUT2D eigenvalue weighted by atomic mass is 16.2. The van der Waals surface area contributed by atoms with Crippen molar-refractivity contribution >= 4 is 0 Å². The molecule has 1 aromatic heterocycles. The lowest BCUT2D eigenvalue weighted by atomic mass is 9.99. The topological polar surface area (TPSA) is 56.0 Å². The minimum atomic E-state index is -0.475. The SMILES string of the molecule is CCNC(Cn1ccn(C)c(=O)c1=O)C(C)CC. The molecule has 0 aliphatic heterocycles. The molecule has 1 heterocycles. The molecular weight excluding hydrogens is 230 g/mol. The fourth-order valence-corrected chi connectivity index (χ4v) is 1.94. The summed E-state index contributed by atoms with van der Waals surface area (Å²) in [5.74, 6) is 0.459. The van der Waals surface area contributed by atoms with E-state index in [2.05, 4.69) is 19.2 Å². The van der Waals surface area contributed by atoms with Gasteiger partial charge in [-0.2, -0.15) is 0 Å². The van der Waals surface area contributed by atoms with Crippen molar-refractivity contribution in [2.45, 2.75) is 39.8 Å². The zero-order chi connectivity index (χ0) is 13.7.